The third kappa shape index (κ3) is 6.20. The number of carbonyl (C=O) groups excluding carboxylic acids is 2. The SMILES string of the molecule is COC1CC(Nc2cc(NC(=O)N(C)c3ccc(CN4CCN(C)CC4O)c(C=O)n3)ncc2C#N)C1. The van der Waals surface area contributed by atoms with Crippen molar-refractivity contribution in [2.45, 2.75) is 37.8 Å². The number of hydrogen-bond acceptors (Lipinski definition) is 10. The van der Waals surface area contributed by atoms with Gasteiger partial charge in [0.15, 0.2) is 6.29 Å². The summed E-state index contributed by atoms with van der Waals surface area (Å²) >= 11 is 0. The van der Waals surface area contributed by atoms with Crippen molar-refractivity contribution in [1.82, 2.24) is 19.8 Å². The van der Waals surface area contributed by atoms with Crippen molar-refractivity contribution < 1.29 is 19.4 Å². The van der Waals surface area contributed by atoms with Gasteiger partial charge in [0.2, 0.25) is 0 Å². The summed E-state index contributed by atoms with van der Waals surface area (Å²) < 4.78 is 5.30. The third-order valence-corrected chi connectivity index (χ3v) is 6.84. The van der Waals surface area contributed by atoms with Crippen molar-refractivity contribution in [3.05, 3.63) is 41.2 Å². The zero-order valence-electron chi connectivity index (χ0n) is 21.2. The molecular formula is C25H32N8O4. The number of methoxy groups -OCH3 is 1. The highest BCUT2D eigenvalue weighted by Crippen LogP contribution is 2.28. The van der Waals surface area contributed by atoms with Crippen LogP contribution in [0, 0.1) is 11.3 Å². The van der Waals surface area contributed by atoms with Gasteiger partial charge in [0.05, 0.1) is 17.4 Å². The number of anilines is 3. The number of ether oxygens (including phenoxy) is 1. The molecule has 3 heterocycles. The lowest BCUT2D eigenvalue weighted by Gasteiger charge is -2.37. The van der Waals surface area contributed by atoms with Gasteiger partial charge in [-0.3, -0.25) is 19.9 Å². The molecule has 1 aliphatic carbocycles. The summed E-state index contributed by atoms with van der Waals surface area (Å²) in [6.45, 7) is 2.39. The Kier molecular flexibility index (Phi) is 8.30. The fourth-order valence-corrected chi connectivity index (χ4v) is 4.38. The summed E-state index contributed by atoms with van der Waals surface area (Å²) in [4.78, 5) is 38.5. The minimum Gasteiger partial charge on any atom is -0.381 e. The van der Waals surface area contributed by atoms with Gasteiger partial charge in [0.1, 0.15) is 29.6 Å². The second-order valence-electron chi connectivity index (χ2n) is 9.43. The number of carbonyl (C=O) groups is 2. The molecule has 1 aliphatic heterocycles. The largest absolute Gasteiger partial charge is 0.381 e. The van der Waals surface area contributed by atoms with Crippen LogP contribution >= 0.6 is 0 Å². The summed E-state index contributed by atoms with van der Waals surface area (Å²) in [6, 6.07) is 6.82. The zero-order chi connectivity index (χ0) is 26.5. The number of β-amino-alcohol motifs (C(OH)–C–C–N with tert-alkyl or cyclic N) is 1. The van der Waals surface area contributed by atoms with E-state index in [9.17, 15) is 20.0 Å². The third-order valence-electron chi connectivity index (χ3n) is 6.84. The quantitative estimate of drug-likeness (QED) is 0.448. The Hall–Kier alpha value is -3.63. The highest BCUT2D eigenvalue weighted by molar-refractivity contribution is 6.00. The molecule has 1 unspecified atom stereocenters. The number of rotatable bonds is 8. The number of amides is 2. The van der Waals surface area contributed by atoms with E-state index >= 15 is 0 Å². The number of aromatic nitrogens is 2. The molecule has 0 radical (unpaired) electrons. The smallest absolute Gasteiger partial charge is 0.328 e. The fraction of sp³-hybridized carbons (Fsp3) is 0.480. The number of nitrogens with zero attached hydrogens (tertiary/aromatic N) is 6. The molecule has 12 heteroatoms. The molecule has 1 saturated carbocycles. The average molecular weight is 509 g/mol. The van der Waals surface area contributed by atoms with Crippen LogP contribution in [0.3, 0.4) is 0 Å². The first-order valence-electron chi connectivity index (χ1n) is 12.1. The molecule has 196 valence electrons. The Morgan fingerprint density at radius 3 is 2.84 bits per heavy atom. The van der Waals surface area contributed by atoms with Crippen molar-refractivity contribution in [2.75, 3.05) is 56.4 Å². The lowest BCUT2D eigenvalue weighted by molar-refractivity contribution is -0.0538. The van der Waals surface area contributed by atoms with Crippen LogP contribution in [0.5, 0.6) is 0 Å². The second kappa shape index (κ2) is 11.6. The molecule has 1 atom stereocenters. The van der Waals surface area contributed by atoms with E-state index in [1.807, 2.05) is 16.8 Å². The fourth-order valence-electron chi connectivity index (χ4n) is 4.38. The van der Waals surface area contributed by atoms with Gasteiger partial charge in [-0.1, -0.05) is 6.07 Å². The van der Waals surface area contributed by atoms with Crippen molar-refractivity contribution in [3.63, 3.8) is 0 Å². The van der Waals surface area contributed by atoms with E-state index in [0.717, 1.165) is 19.4 Å². The van der Waals surface area contributed by atoms with Gasteiger partial charge in [0.25, 0.3) is 0 Å². The molecule has 0 spiro atoms. The van der Waals surface area contributed by atoms with E-state index in [4.69, 9.17) is 4.74 Å². The maximum atomic E-state index is 12.9. The molecule has 37 heavy (non-hydrogen) atoms. The van der Waals surface area contributed by atoms with Gasteiger partial charge < -0.3 is 20.1 Å². The van der Waals surface area contributed by atoms with Gasteiger partial charge >= 0.3 is 6.03 Å². The molecule has 2 amide bonds. The first-order valence-corrected chi connectivity index (χ1v) is 12.1. The molecule has 2 fully saturated rings. The molecule has 3 N–H and O–H groups in total. The first kappa shape index (κ1) is 26.4. The number of urea groups is 1. The van der Waals surface area contributed by atoms with Crippen molar-refractivity contribution in [3.8, 4) is 6.07 Å². The van der Waals surface area contributed by atoms with Crippen LogP contribution in [0.1, 0.15) is 34.5 Å². The number of aldehydes is 1. The predicted octanol–water partition coefficient (Wildman–Crippen LogP) is 1.48. The summed E-state index contributed by atoms with van der Waals surface area (Å²) in [6.07, 6.45) is 3.32. The Morgan fingerprint density at radius 1 is 1.38 bits per heavy atom. The minimum absolute atomic E-state index is 0.183. The van der Waals surface area contributed by atoms with Gasteiger partial charge in [-0.2, -0.15) is 5.26 Å². The standard InChI is InChI=1S/C25H32N8O4/c1-31-6-7-33(24(35)14-31)13-16-4-5-23(29-21(16)15-34)32(2)25(36)30-22-10-20(17(11-26)12-27-22)28-18-8-19(9-18)37-3/h4-5,10,12,15,18-19,24,35H,6-9,13-14H2,1-3H3,(H2,27,28,30,36). The summed E-state index contributed by atoms with van der Waals surface area (Å²) in [5, 5.41) is 25.8. The molecular weight excluding hydrogens is 476 g/mol. The zero-order valence-corrected chi connectivity index (χ0v) is 21.2. The van der Waals surface area contributed by atoms with E-state index in [2.05, 4.69) is 26.7 Å². The Morgan fingerprint density at radius 2 is 2.16 bits per heavy atom. The molecule has 12 nitrogen and oxygen atoms in total. The van der Waals surface area contributed by atoms with Crippen molar-refractivity contribution in [1.29, 1.82) is 5.26 Å². The van der Waals surface area contributed by atoms with E-state index in [1.165, 1.54) is 18.1 Å². The molecule has 0 aromatic carbocycles. The van der Waals surface area contributed by atoms with E-state index < -0.39 is 12.3 Å². The maximum Gasteiger partial charge on any atom is 0.328 e. The van der Waals surface area contributed by atoms with Gasteiger partial charge in [-0.15, -0.1) is 0 Å². The monoisotopic (exact) mass is 508 g/mol. The summed E-state index contributed by atoms with van der Waals surface area (Å²) in [5.74, 6) is 0.562. The lowest BCUT2D eigenvalue weighted by Crippen LogP contribution is -2.51. The number of hydrogen-bond donors (Lipinski definition) is 3. The van der Waals surface area contributed by atoms with Crippen LogP contribution in [0.4, 0.5) is 22.1 Å². The molecule has 2 aromatic rings. The van der Waals surface area contributed by atoms with Crippen molar-refractivity contribution >= 4 is 29.6 Å². The molecule has 1 saturated heterocycles. The maximum absolute atomic E-state index is 12.9. The van der Waals surface area contributed by atoms with E-state index in [-0.39, 0.29) is 29.5 Å². The average Bonchev–Trinajstić information content (AvgIpc) is 2.87. The predicted molar refractivity (Wildman–Crippen MR) is 137 cm³/mol. The molecule has 4 rings (SSSR count). The molecule has 0 bridgehead atoms. The summed E-state index contributed by atoms with van der Waals surface area (Å²) in [7, 11) is 5.17. The Bertz CT molecular complexity index is 1180. The summed E-state index contributed by atoms with van der Waals surface area (Å²) in [5.41, 5.74) is 1.85. The first-order chi connectivity index (χ1) is 17.8. The second-order valence-corrected chi connectivity index (χ2v) is 9.43. The number of aliphatic hydroxyl groups excluding tert-OH is 1. The van der Waals surface area contributed by atoms with Crippen molar-refractivity contribution in [2.24, 2.45) is 0 Å². The van der Waals surface area contributed by atoms with Crippen LogP contribution in [0.15, 0.2) is 24.4 Å². The van der Waals surface area contributed by atoms with Crippen LogP contribution < -0.4 is 15.5 Å². The Labute approximate surface area is 215 Å². The van der Waals surface area contributed by atoms with Gasteiger partial charge in [-0.05, 0) is 31.5 Å². The highest BCUT2D eigenvalue weighted by Gasteiger charge is 2.29. The van der Waals surface area contributed by atoms with Crippen LogP contribution in [-0.4, -0.2) is 96.4 Å². The van der Waals surface area contributed by atoms with E-state index in [0.29, 0.717) is 42.7 Å². The van der Waals surface area contributed by atoms with Crippen LogP contribution in [0.2, 0.25) is 0 Å². The molecule has 2 aliphatic rings. The number of aliphatic hydroxyl groups is 1. The topological polar surface area (TPSA) is 147 Å². The van der Waals surface area contributed by atoms with Crippen LogP contribution in [0.25, 0.3) is 0 Å². The highest BCUT2D eigenvalue weighted by atomic mass is 16.5. The number of piperazine rings is 1. The lowest BCUT2D eigenvalue weighted by atomic mass is 9.89. The van der Waals surface area contributed by atoms with Gasteiger partial charge in [-0.25, -0.2) is 14.8 Å². The number of nitriles is 1. The minimum atomic E-state index is -0.628. The normalized spacial score (nSPS) is 22.0. The number of nitrogens with one attached hydrogen (secondary N) is 2. The molecule has 2 aromatic heterocycles. The van der Waals surface area contributed by atoms with Crippen LogP contribution in [-0.2, 0) is 11.3 Å². The Balaban J connectivity index is 1.42. The van der Waals surface area contributed by atoms with E-state index in [1.54, 1.807) is 25.3 Å². The number of pyridine rings is 2. The number of likely N-dealkylation sites (N-methyl/N-ethyl adjacent to an activating group) is 1. The van der Waals surface area contributed by atoms with Gasteiger partial charge in [0, 0.05) is 58.6 Å².